The van der Waals surface area contributed by atoms with Crippen molar-refractivity contribution >= 4 is 11.6 Å². The van der Waals surface area contributed by atoms with E-state index in [1.165, 1.54) is 6.07 Å². The number of aliphatic hydroxyl groups is 1. The van der Waals surface area contributed by atoms with E-state index in [-0.39, 0.29) is 12.2 Å². The molecule has 0 aliphatic rings. The van der Waals surface area contributed by atoms with Crippen LogP contribution >= 0.6 is 11.6 Å². The van der Waals surface area contributed by atoms with E-state index in [4.69, 9.17) is 11.6 Å². The minimum Gasteiger partial charge on any atom is -0.390 e. The maximum atomic E-state index is 13.6. The highest BCUT2D eigenvalue weighted by molar-refractivity contribution is 6.30. The van der Waals surface area contributed by atoms with E-state index in [9.17, 15) is 9.50 Å². The molecule has 2 nitrogen and oxygen atoms in total. The quantitative estimate of drug-likeness (QED) is 0.834. The van der Waals surface area contributed by atoms with Gasteiger partial charge in [-0.2, -0.15) is 0 Å². The Morgan fingerprint density at radius 3 is 2.67 bits per heavy atom. The van der Waals surface area contributed by atoms with E-state index >= 15 is 0 Å². The normalized spacial score (nSPS) is 14.8. The molecule has 18 heavy (non-hydrogen) atoms. The second-order valence-corrected chi connectivity index (χ2v) is 5.70. The van der Waals surface area contributed by atoms with Crippen molar-refractivity contribution in [3.8, 4) is 0 Å². The molecule has 0 heterocycles. The molecule has 0 amide bonds. The van der Waals surface area contributed by atoms with E-state index < -0.39 is 5.60 Å². The molecule has 0 bridgehead atoms. The van der Waals surface area contributed by atoms with Gasteiger partial charge in [-0.3, -0.25) is 0 Å². The molecule has 0 fully saturated rings. The van der Waals surface area contributed by atoms with Crippen molar-refractivity contribution in [2.45, 2.75) is 45.3 Å². The van der Waals surface area contributed by atoms with E-state index in [2.05, 4.69) is 5.32 Å². The standard InChI is InChI=1S/C14H21ClFNO/c1-10(2)17-7-6-14(3,18)9-11-4-5-12(15)8-13(11)16/h4-5,8,10,17-18H,6-7,9H2,1-3H3. The van der Waals surface area contributed by atoms with E-state index in [1.807, 2.05) is 13.8 Å². The van der Waals surface area contributed by atoms with Crippen molar-refractivity contribution in [1.82, 2.24) is 5.32 Å². The Morgan fingerprint density at radius 1 is 1.44 bits per heavy atom. The highest BCUT2D eigenvalue weighted by atomic mass is 35.5. The molecule has 0 aliphatic heterocycles. The van der Waals surface area contributed by atoms with Crippen LogP contribution in [-0.4, -0.2) is 23.3 Å². The fraction of sp³-hybridized carbons (Fsp3) is 0.571. The largest absolute Gasteiger partial charge is 0.390 e. The van der Waals surface area contributed by atoms with Crippen molar-refractivity contribution in [3.63, 3.8) is 0 Å². The molecule has 0 aliphatic carbocycles. The van der Waals surface area contributed by atoms with Gasteiger partial charge in [0.2, 0.25) is 0 Å². The van der Waals surface area contributed by atoms with Crippen LogP contribution in [0.4, 0.5) is 4.39 Å². The summed E-state index contributed by atoms with van der Waals surface area (Å²) in [6.45, 7) is 6.53. The van der Waals surface area contributed by atoms with Gasteiger partial charge in [-0.25, -0.2) is 4.39 Å². The van der Waals surface area contributed by atoms with Gasteiger partial charge in [0.25, 0.3) is 0 Å². The second kappa shape index (κ2) is 6.50. The molecule has 0 radical (unpaired) electrons. The lowest BCUT2D eigenvalue weighted by Gasteiger charge is -2.24. The van der Waals surface area contributed by atoms with Crippen molar-refractivity contribution in [3.05, 3.63) is 34.6 Å². The number of rotatable bonds is 6. The first-order chi connectivity index (χ1) is 8.30. The van der Waals surface area contributed by atoms with Gasteiger partial charge in [-0.15, -0.1) is 0 Å². The summed E-state index contributed by atoms with van der Waals surface area (Å²) in [5.41, 5.74) is -0.426. The predicted molar refractivity (Wildman–Crippen MR) is 73.5 cm³/mol. The Morgan fingerprint density at radius 2 is 2.11 bits per heavy atom. The van der Waals surface area contributed by atoms with Crippen LogP contribution in [0.3, 0.4) is 0 Å². The predicted octanol–water partition coefficient (Wildman–Crippen LogP) is 3.16. The van der Waals surface area contributed by atoms with Crippen LogP contribution in [0.5, 0.6) is 0 Å². The van der Waals surface area contributed by atoms with E-state index in [1.54, 1.807) is 19.1 Å². The third-order valence-electron chi connectivity index (χ3n) is 2.80. The van der Waals surface area contributed by atoms with Crippen molar-refractivity contribution in [2.75, 3.05) is 6.54 Å². The zero-order chi connectivity index (χ0) is 13.8. The zero-order valence-electron chi connectivity index (χ0n) is 11.1. The summed E-state index contributed by atoms with van der Waals surface area (Å²) < 4.78 is 13.6. The van der Waals surface area contributed by atoms with Crippen LogP contribution < -0.4 is 5.32 Å². The molecule has 102 valence electrons. The van der Waals surface area contributed by atoms with Gasteiger partial charge >= 0.3 is 0 Å². The third kappa shape index (κ3) is 5.34. The highest BCUT2D eigenvalue weighted by Gasteiger charge is 2.22. The molecule has 0 spiro atoms. The highest BCUT2D eigenvalue weighted by Crippen LogP contribution is 2.21. The summed E-state index contributed by atoms with van der Waals surface area (Å²) in [4.78, 5) is 0. The summed E-state index contributed by atoms with van der Waals surface area (Å²) in [7, 11) is 0. The third-order valence-corrected chi connectivity index (χ3v) is 3.04. The maximum absolute atomic E-state index is 13.6. The summed E-state index contributed by atoms with van der Waals surface area (Å²) in [5, 5.41) is 13.8. The van der Waals surface area contributed by atoms with Crippen LogP contribution in [-0.2, 0) is 6.42 Å². The first kappa shape index (κ1) is 15.4. The first-order valence-corrected chi connectivity index (χ1v) is 6.58. The average Bonchev–Trinajstić information content (AvgIpc) is 2.21. The van der Waals surface area contributed by atoms with Gasteiger partial charge in [-0.1, -0.05) is 31.5 Å². The van der Waals surface area contributed by atoms with Crippen molar-refractivity contribution < 1.29 is 9.50 Å². The van der Waals surface area contributed by atoms with Crippen LogP contribution in [0.2, 0.25) is 5.02 Å². The van der Waals surface area contributed by atoms with Gasteiger partial charge in [0, 0.05) is 17.5 Å². The van der Waals surface area contributed by atoms with Crippen molar-refractivity contribution in [1.29, 1.82) is 0 Å². The Kier molecular flexibility index (Phi) is 5.57. The van der Waals surface area contributed by atoms with Gasteiger partial charge in [0.15, 0.2) is 0 Å². The summed E-state index contributed by atoms with van der Waals surface area (Å²) in [6.07, 6.45) is 0.864. The fourth-order valence-electron chi connectivity index (χ4n) is 1.79. The van der Waals surface area contributed by atoms with E-state index in [0.717, 1.165) is 0 Å². The Balaban J connectivity index is 2.58. The van der Waals surface area contributed by atoms with Crippen LogP contribution in [0.15, 0.2) is 18.2 Å². The van der Waals surface area contributed by atoms with Gasteiger partial charge in [0.05, 0.1) is 5.60 Å². The maximum Gasteiger partial charge on any atom is 0.127 e. The molecule has 0 saturated heterocycles. The van der Waals surface area contributed by atoms with E-state index in [0.29, 0.717) is 29.6 Å². The number of hydrogen-bond acceptors (Lipinski definition) is 2. The molecule has 1 aromatic carbocycles. The van der Waals surface area contributed by atoms with Crippen LogP contribution in [0, 0.1) is 5.82 Å². The molecule has 1 unspecified atom stereocenters. The lowest BCUT2D eigenvalue weighted by Crippen LogP contribution is -2.34. The van der Waals surface area contributed by atoms with Crippen LogP contribution in [0.1, 0.15) is 32.8 Å². The summed E-state index contributed by atoms with van der Waals surface area (Å²) >= 11 is 5.69. The molecule has 0 saturated carbocycles. The van der Waals surface area contributed by atoms with Gasteiger partial charge < -0.3 is 10.4 Å². The SMILES string of the molecule is CC(C)NCCC(C)(O)Cc1ccc(Cl)cc1F. The number of nitrogens with one attached hydrogen (secondary N) is 1. The fourth-order valence-corrected chi connectivity index (χ4v) is 1.95. The minimum absolute atomic E-state index is 0.287. The van der Waals surface area contributed by atoms with Crippen LogP contribution in [0.25, 0.3) is 0 Å². The van der Waals surface area contributed by atoms with Gasteiger partial charge in [-0.05, 0) is 37.6 Å². The average molecular weight is 274 g/mol. The first-order valence-electron chi connectivity index (χ1n) is 6.20. The zero-order valence-corrected chi connectivity index (χ0v) is 11.9. The van der Waals surface area contributed by atoms with Crippen molar-refractivity contribution in [2.24, 2.45) is 0 Å². The lowest BCUT2D eigenvalue weighted by atomic mass is 9.93. The molecule has 0 aromatic heterocycles. The Bertz CT molecular complexity index is 393. The number of benzene rings is 1. The molecule has 4 heteroatoms. The summed E-state index contributed by atoms with van der Waals surface area (Å²) in [6, 6.07) is 4.93. The summed E-state index contributed by atoms with van der Waals surface area (Å²) in [5.74, 6) is -0.361. The Labute approximate surface area is 113 Å². The number of hydrogen-bond donors (Lipinski definition) is 2. The molecule has 2 N–H and O–H groups in total. The molecule has 1 atom stereocenters. The van der Waals surface area contributed by atoms with Gasteiger partial charge in [0.1, 0.15) is 5.82 Å². The smallest absolute Gasteiger partial charge is 0.127 e. The molecule has 1 rings (SSSR count). The monoisotopic (exact) mass is 273 g/mol. The topological polar surface area (TPSA) is 32.3 Å². The molecular formula is C14H21ClFNO. The molecule has 1 aromatic rings. The molecular weight excluding hydrogens is 253 g/mol. The lowest BCUT2D eigenvalue weighted by molar-refractivity contribution is 0.0502. The minimum atomic E-state index is -0.920. The second-order valence-electron chi connectivity index (χ2n) is 5.27. The Hall–Kier alpha value is -0.640. The number of halogens is 2.